The molecule has 0 saturated carbocycles. The van der Waals surface area contributed by atoms with Gasteiger partial charge in [0, 0.05) is 6.92 Å². The van der Waals surface area contributed by atoms with E-state index in [1.165, 1.54) is 0 Å². The number of hydrogen-bond acceptors (Lipinski definition) is 3. The summed E-state index contributed by atoms with van der Waals surface area (Å²) in [6, 6.07) is 6.67. The van der Waals surface area contributed by atoms with Gasteiger partial charge in [0.05, 0.1) is 11.8 Å². The van der Waals surface area contributed by atoms with Gasteiger partial charge < -0.3 is 9.84 Å². The minimum Gasteiger partial charge on any atom is -0.508 e. The van der Waals surface area contributed by atoms with Crippen molar-refractivity contribution in [3.05, 3.63) is 24.3 Å². The molecular formula is C11H15NO2. The van der Waals surface area contributed by atoms with E-state index < -0.39 is 0 Å². The van der Waals surface area contributed by atoms with Gasteiger partial charge in [0.25, 0.3) is 0 Å². The molecule has 0 saturated heterocycles. The second-order valence-corrected chi connectivity index (χ2v) is 3.31. The highest BCUT2D eigenvalue weighted by Crippen LogP contribution is 2.16. The first-order valence-corrected chi connectivity index (χ1v) is 4.59. The number of phenols is 1. The smallest absolute Gasteiger partial charge is 0.185 e. The minimum atomic E-state index is 0.135. The van der Waals surface area contributed by atoms with Gasteiger partial charge in [-0.25, -0.2) is 4.99 Å². The van der Waals surface area contributed by atoms with Crippen LogP contribution in [0, 0.1) is 0 Å². The average molecular weight is 193 g/mol. The van der Waals surface area contributed by atoms with E-state index in [1.807, 2.05) is 20.8 Å². The van der Waals surface area contributed by atoms with E-state index in [2.05, 4.69) is 4.99 Å². The molecule has 0 aliphatic carbocycles. The summed E-state index contributed by atoms with van der Waals surface area (Å²) in [5.74, 6) is 0.872. The molecule has 0 aromatic heterocycles. The molecule has 76 valence electrons. The lowest BCUT2D eigenvalue weighted by atomic mass is 10.3. The number of aromatic hydroxyl groups is 1. The number of hydrogen-bond donors (Lipinski definition) is 1. The predicted octanol–water partition coefficient (Wildman–Crippen LogP) is 2.87. The topological polar surface area (TPSA) is 41.8 Å². The van der Waals surface area contributed by atoms with Crippen LogP contribution in [0.2, 0.25) is 0 Å². The molecule has 0 aliphatic heterocycles. The zero-order valence-corrected chi connectivity index (χ0v) is 8.69. The van der Waals surface area contributed by atoms with Crippen molar-refractivity contribution in [2.24, 2.45) is 4.99 Å². The van der Waals surface area contributed by atoms with Gasteiger partial charge in [0.1, 0.15) is 5.75 Å². The van der Waals surface area contributed by atoms with Gasteiger partial charge in [0.15, 0.2) is 5.90 Å². The molecule has 0 radical (unpaired) electrons. The van der Waals surface area contributed by atoms with E-state index in [-0.39, 0.29) is 11.9 Å². The van der Waals surface area contributed by atoms with Crippen molar-refractivity contribution in [1.29, 1.82) is 0 Å². The Morgan fingerprint density at radius 3 is 2.36 bits per heavy atom. The molecule has 0 unspecified atom stereocenters. The lowest BCUT2D eigenvalue weighted by molar-refractivity contribution is 0.226. The van der Waals surface area contributed by atoms with Crippen LogP contribution in [-0.2, 0) is 4.74 Å². The van der Waals surface area contributed by atoms with Crippen LogP contribution in [0.4, 0.5) is 5.69 Å². The van der Waals surface area contributed by atoms with Crippen LogP contribution in [0.3, 0.4) is 0 Å². The number of rotatable bonds is 2. The van der Waals surface area contributed by atoms with Crippen LogP contribution in [0.1, 0.15) is 20.8 Å². The van der Waals surface area contributed by atoms with E-state index in [9.17, 15) is 0 Å². The molecule has 3 nitrogen and oxygen atoms in total. The van der Waals surface area contributed by atoms with Gasteiger partial charge in [-0.05, 0) is 38.1 Å². The first-order chi connectivity index (χ1) is 6.58. The third kappa shape index (κ3) is 3.47. The van der Waals surface area contributed by atoms with Gasteiger partial charge in [-0.1, -0.05) is 0 Å². The Morgan fingerprint density at radius 1 is 1.29 bits per heavy atom. The lowest BCUT2D eigenvalue weighted by Crippen LogP contribution is -2.07. The summed E-state index contributed by atoms with van der Waals surface area (Å²) in [7, 11) is 0. The Hall–Kier alpha value is -1.51. The standard InChI is InChI=1S/C11H15NO2/c1-8(2)14-9(3)12-10-4-6-11(13)7-5-10/h4-8,13H,1-3H3/b12-9-. The Kier molecular flexibility index (Phi) is 3.51. The first kappa shape index (κ1) is 10.6. The Balaban J connectivity index is 2.71. The van der Waals surface area contributed by atoms with Crippen LogP contribution in [0.15, 0.2) is 29.3 Å². The SMILES string of the molecule is C/C(=N/c1ccc(O)cc1)OC(C)C. The molecule has 0 aliphatic rings. The van der Waals surface area contributed by atoms with Gasteiger partial charge in [-0.3, -0.25) is 0 Å². The normalized spacial score (nSPS) is 11.9. The molecule has 3 heteroatoms. The Labute approximate surface area is 84.1 Å². The van der Waals surface area contributed by atoms with Crippen LogP contribution < -0.4 is 0 Å². The highest BCUT2D eigenvalue weighted by atomic mass is 16.5. The van der Waals surface area contributed by atoms with E-state index in [4.69, 9.17) is 9.84 Å². The van der Waals surface area contributed by atoms with Crippen molar-refractivity contribution < 1.29 is 9.84 Å². The first-order valence-electron chi connectivity index (χ1n) is 4.59. The molecule has 0 heterocycles. The number of nitrogens with zero attached hydrogens (tertiary/aromatic N) is 1. The molecule has 0 bridgehead atoms. The number of aliphatic imine (C=N–C) groups is 1. The highest BCUT2D eigenvalue weighted by molar-refractivity contribution is 5.76. The monoisotopic (exact) mass is 193 g/mol. The Morgan fingerprint density at radius 2 is 1.86 bits per heavy atom. The zero-order valence-electron chi connectivity index (χ0n) is 8.69. The molecular weight excluding hydrogens is 178 g/mol. The third-order valence-electron chi connectivity index (χ3n) is 1.54. The third-order valence-corrected chi connectivity index (χ3v) is 1.54. The summed E-state index contributed by atoms with van der Waals surface area (Å²) >= 11 is 0. The van der Waals surface area contributed by atoms with Crippen molar-refractivity contribution in [1.82, 2.24) is 0 Å². The molecule has 1 aromatic rings. The Bertz CT molecular complexity index is 315. The maximum Gasteiger partial charge on any atom is 0.185 e. The van der Waals surface area contributed by atoms with E-state index in [0.29, 0.717) is 5.90 Å². The molecule has 1 aromatic carbocycles. The van der Waals surface area contributed by atoms with Crippen LogP contribution in [0.25, 0.3) is 0 Å². The molecule has 1 rings (SSSR count). The molecule has 0 amide bonds. The van der Waals surface area contributed by atoms with Crippen molar-refractivity contribution in [2.45, 2.75) is 26.9 Å². The summed E-state index contributed by atoms with van der Waals surface area (Å²) in [4.78, 5) is 4.22. The maximum absolute atomic E-state index is 9.06. The largest absolute Gasteiger partial charge is 0.508 e. The second kappa shape index (κ2) is 4.65. The summed E-state index contributed by atoms with van der Waals surface area (Å²) < 4.78 is 5.37. The fourth-order valence-electron chi connectivity index (χ4n) is 1.08. The van der Waals surface area contributed by atoms with Gasteiger partial charge >= 0.3 is 0 Å². The summed E-state index contributed by atoms with van der Waals surface area (Å²) in [5, 5.41) is 9.06. The van der Waals surface area contributed by atoms with Crippen molar-refractivity contribution in [3.8, 4) is 5.75 Å². The predicted molar refractivity (Wildman–Crippen MR) is 57.1 cm³/mol. The molecule has 0 spiro atoms. The molecule has 0 atom stereocenters. The molecule has 14 heavy (non-hydrogen) atoms. The number of ether oxygens (including phenoxy) is 1. The number of phenolic OH excluding ortho intramolecular Hbond substituents is 1. The quantitative estimate of drug-likeness (QED) is 0.579. The van der Waals surface area contributed by atoms with Crippen LogP contribution >= 0.6 is 0 Å². The lowest BCUT2D eigenvalue weighted by Gasteiger charge is -2.08. The van der Waals surface area contributed by atoms with E-state index in [1.54, 1.807) is 24.3 Å². The van der Waals surface area contributed by atoms with Gasteiger partial charge in [-0.15, -0.1) is 0 Å². The maximum atomic E-state index is 9.06. The fraction of sp³-hybridized carbons (Fsp3) is 0.364. The van der Waals surface area contributed by atoms with Crippen LogP contribution in [-0.4, -0.2) is 17.1 Å². The highest BCUT2D eigenvalue weighted by Gasteiger charge is 1.97. The zero-order chi connectivity index (χ0) is 10.6. The van der Waals surface area contributed by atoms with Crippen molar-refractivity contribution in [2.75, 3.05) is 0 Å². The minimum absolute atomic E-state index is 0.135. The van der Waals surface area contributed by atoms with Gasteiger partial charge in [-0.2, -0.15) is 0 Å². The fourth-order valence-corrected chi connectivity index (χ4v) is 1.08. The van der Waals surface area contributed by atoms with E-state index in [0.717, 1.165) is 5.69 Å². The van der Waals surface area contributed by atoms with E-state index >= 15 is 0 Å². The summed E-state index contributed by atoms with van der Waals surface area (Å²) in [5.41, 5.74) is 0.779. The van der Waals surface area contributed by atoms with Crippen LogP contribution in [0.5, 0.6) is 5.75 Å². The number of benzene rings is 1. The second-order valence-electron chi connectivity index (χ2n) is 3.31. The van der Waals surface area contributed by atoms with Gasteiger partial charge in [0.2, 0.25) is 0 Å². The molecule has 1 N–H and O–H groups in total. The van der Waals surface area contributed by atoms with Crippen molar-refractivity contribution in [3.63, 3.8) is 0 Å². The summed E-state index contributed by atoms with van der Waals surface area (Å²) in [6.45, 7) is 5.72. The van der Waals surface area contributed by atoms with Crippen molar-refractivity contribution >= 4 is 11.6 Å². The molecule has 0 fully saturated rings. The summed E-state index contributed by atoms with van der Waals surface area (Å²) in [6.07, 6.45) is 0.135. The average Bonchev–Trinajstić information content (AvgIpc) is 2.07.